The third-order valence-electron chi connectivity index (χ3n) is 3.17. The normalized spacial score (nSPS) is 11.4. The molecule has 18 heavy (non-hydrogen) atoms. The van der Waals surface area contributed by atoms with Crippen molar-refractivity contribution in [2.75, 3.05) is 6.16 Å². The van der Waals surface area contributed by atoms with E-state index in [9.17, 15) is 0 Å². The molecule has 94 valence electrons. The van der Waals surface area contributed by atoms with Crippen LogP contribution >= 0.6 is 6.04 Å². The van der Waals surface area contributed by atoms with Gasteiger partial charge in [0.1, 0.15) is 0 Å². The van der Waals surface area contributed by atoms with Crippen molar-refractivity contribution in [3.05, 3.63) is 60.7 Å². The van der Waals surface area contributed by atoms with Crippen molar-refractivity contribution in [3.63, 3.8) is 0 Å². The average Bonchev–Trinajstić information content (AvgIpc) is 2.46. The molecule has 2 aromatic carbocycles. The predicted octanol–water partition coefficient (Wildman–Crippen LogP) is 3.92. The lowest BCUT2D eigenvalue weighted by atomic mass is 10.4. The van der Waals surface area contributed by atoms with Crippen LogP contribution in [-0.4, -0.2) is 6.16 Å². The van der Waals surface area contributed by atoms with Crippen molar-refractivity contribution in [2.45, 2.75) is 19.8 Å². The number of unbranched alkanes of at least 4 members (excludes halogenated alkanes) is 1. The van der Waals surface area contributed by atoms with E-state index in [2.05, 4.69) is 67.6 Å². The molecule has 0 spiro atoms. The minimum Gasteiger partial charge on any atom is -0.0876 e. The van der Waals surface area contributed by atoms with Gasteiger partial charge in [-0.2, -0.15) is 0 Å². The fourth-order valence-electron chi connectivity index (χ4n) is 2.13. The van der Waals surface area contributed by atoms with Crippen molar-refractivity contribution >= 4 is 28.5 Å². The fourth-order valence-corrected chi connectivity index (χ4v) is 6.13. The van der Waals surface area contributed by atoms with Gasteiger partial charge in [-0.05, 0) is 23.2 Å². The molecule has 0 aromatic heterocycles. The van der Waals surface area contributed by atoms with E-state index in [-0.39, 0.29) is 0 Å². The van der Waals surface area contributed by atoms with Gasteiger partial charge < -0.3 is 0 Å². The van der Waals surface area contributed by atoms with Crippen molar-refractivity contribution < 1.29 is 0 Å². The van der Waals surface area contributed by atoms with Crippen LogP contribution in [0.1, 0.15) is 19.8 Å². The molecule has 0 aliphatic heterocycles. The highest BCUT2D eigenvalue weighted by molar-refractivity contribution is 8.21. The molecular formula is C16H19PS. The highest BCUT2D eigenvalue weighted by atomic mass is 32.4. The Morgan fingerprint density at radius 1 is 0.833 bits per heavy atom. The topological polar surface area (TPSA) is 0 Å². The lowest BCUT2D eigenvalue weighted by molar-refractivity contribution is 0.893. The van der Waals surface area contributed by atoms with Crippen LogP contribution in [0.3, 0.4) is 0 Å². The second kappa shape index (κ2) is 6.31. The van der Waals surface area contributed by atoms with Gasteiger partial charge in [0, 0.05) is 6.04 Å². The Balaban J connectivity index is 2.45. The molecule has 2 aromatic rings. The van der Waals surface area contributed by atoms with E-state index < -0.39 is 6.04 Å². The van der Waals surface area contributed by atoms with E-state index in [1.807, 2.05) is 0 Å². The molecule has 0 radical (unpaired) electrons. The minimum absolute atomic E-state index is 1.13. The first-order valence-electron chi connectivity index (χ1n) is 6.47. The molecule has 0 heterocycles. The molecule has 0 aliphatic carbocycles. The van der Waals surface area contributed by atoms with Crippen LogP contribution in [0.4, 0.5) is 0 Å². The van der Waals surface area contributed by atoms with Gasteiger partial charge in [-0.3, -0.25) is 0 Å². The third-order valence-corrected chi connectivity index (χ3v) is 8.20. The summed E-state index contributed by atoms with van der Waals surface area (Å²) >= 11 is 6.11. The smallest absolute Gasteiger partial charge is 0.0106 e. The van der Waals surface area contributed by atoms with Crippen LogP contribution in [0.5, 0.6) is 0 Å². The Labute approximate surface area is 115 Å². The summed E-state index contributed by atoms with van der Waals surface area (Å²) in [5.74, 6) is 0. The first-order valence-corrected chi connectivity index (χ1v) is 9.46. The second-order valence-corrected chi connectivity index (χ2v) is 9.32. The van der Waals surface area contributed by atoms with E-state index in [1.54, 1.807) is 0 Å². The summed E-state index contributed by atoms with van der Waals surface area (Å²) in [5.41, 5.74) is 0. The van der Waals surface area contributed by atoms with E-state index >= 15 is 0 Å². The standard InChI is InChI=1S/C16H19PS/c1-2-3-14-17(18,15-10-6-4-7-11-15)16-12-8-5-9-13-16/h4-13H,2-3,14H2,1H3. The van der Waals surface area contributed by atoms with Crippen LogP contribution in [-0.2, 0) is 11.8 Å². The molecule has 0 saturated carbocycles. The van der Waals surface area contributed by atoms with Gasteiger partial charge in [0.25, 0.3) is 0 Å². The number of hydrogen-bond acceptors (Lipinski definition) is 1. The Morgan fingerprint density at radius 2 is 1.28 bits per heavy atom. The zero-order valence-corrected chi connectivity index (χ0v) is 12.5. The molecule has 0 saturated heterocycles. The van der Waals surface area contributed by atoms with Crippen LogP contribution < -0.4 is 10.6 Å². The van der Waals surface area contributed by atoms with Crippen molar-refractivity contribution in [1.29, 1.82) is 0 Å². The number of hydrogen-bond donors (Lipinski definition) is 0. The monoisotopic (exact) mass is 274 g/mol. The molecule has 0 N–H and O–H groups in total. The van der Waals surface area contributed by atoms with Gasteiger partial charge in [-0.1, -0.05) is 85.8 Å². The first-order chi connectivity index (χ1) is 8.77. The lowest BCUT2D eigenvalue weighted by Crippen LogP contribution is -2.18. The van der Waals surface area contributed by atoms with Crippen molar-refractivity contribution in [3.8, 4) is 0 Å². The number of benzene rings is 2. The quantitative estimate of drug-likeness (QED) is 0.745. The molecule has 0 amide bonds. The van der Waals surface area contributed by atoms with Crippen LogP contribution in [0, 0.1) is 0 Å². The summed E-state index contributed by atoms with van der Waals surface area (Å²) in [7, 11) is 0. The Bertz CT molecular complexity index is 476. The molecule has 0 aliphatic rings. The van der Waals surface area contributed by atoms with Gasteiger partial charge in [0.15, 0.2) is 0 Å². The van der Waals surface area contributed by atoms with Crippen LogP contribution in [0.2, 0.25) is 0 Å². The molecule has 0 bridgehead atoms. The minimum atomic E-state index is -1.61. The summed E-state index contributed by atoms with van der Waals surface area (Å²) in [5, 5.41) is 2.69. The molecule has 0 unspecified atom stereocenters. The van der Waals surface area contributed by atoms with Crippen LogP contribution in [0.15, 0.2) is 60.7 Å². The first kappa shape index (κ1) is 13.5. The Morgan fingerprint density at radius 3 is 1.67 bits per heavy atom. The summed E-state index contributed by atoms with van der Waals surface area (Å²) in [4.78, 5) is 0. The lowest BCUT2D eigenvalue weighted by Gasteiger charge is -2.23. The van der Waals surface area contributed by atoms with Crippen molar-refractivity contribution in [1.82, 2.24) is 0 Å². The molecule has 2 heteroatoms. The third kappa shape index (κ3) is 2.91. The highest BCUT2D eigenvalue weighted by Gasteiger charge is 2.20. The predicted molar refractivity (Wildman–Crippen MR) is 86.2 cm³/mol. The largest absolute Gasteiger partial charge is 0.0876 e. The molecule has 2 rings (SSSR count). The average molecular weight is 274 g/mol. The SMILES string of the molecule is CCCCP(=S)(c1ccccc1)c1ccccc1. The van der Waals surface area contributed by atoms with Gasteiger partial charge in [0.2, 0.25) is 0 Å². The maximum atomic E-state index is 6.11. The molecule has 0 fully saturated rings. The molecular weight excluding hydrogens is 255 g/mol. The van der Waals surface area contributed by atoms with Gasteiger partial charge in [0.05, 0.1) is 0 Å². The van der Waals surface area contributed by atoms with E-state index in [1.165, 1.54) is 23.5 Å². The summed E-state index contributed by atoms with van der Waals surface area (Å²) in [6, 6.07) is 19.7. The van der Waals surface area contributed by atoms with Crippen molar-refractivity contribution in [2.24, 2.45) is 0 Å². The van der Waals surface area contributed by atoms with E-state index in [0.29, 0.717) is 0 Å². The molecule has 0 nitrogen and oxygen atoms in total. The zero-order valence-electron chi connectivity index (χ0n) is 10.8. The second-order valence-electron chi connectivity index (χ2n) is 4.49. The maximum absolute atomic E-state index is 6.11. The summed E-state index contributed by atoms with van der Waals surface area (Å²) < 4.78 is 0. The van der Waals surface area contributed by atoms with Crippen LogP contribution in [0.25, 0.3) is 0 Å². The maximum Gasteiger partial charge on any atom is 0.0106 e. The van der Waals surface area contributed by atoms with E-state index in [4.69, 9.17) is 11.8 Å². The Hall–Kier alpha value is -0.910. The van der Waals surface area contributed by atoms with Gasteiger partial charge in [-0.25, -0.2) is 0 Å². The number of rotatable bonds is 5. The highest BCUT2D eigenvalue weighted by Crippen LogP contribution is 2.44. The summed E-state index contributed by atoms with van der Waals surface area (Å²) in [6.07, 6.45) is 3.55. The Kier molecular flexibility index (Phi) is 4.74. The zero-order chi connectivity index (χ0) is 12.8. The van der Waals surface area contributed by atoms with E-state index in [0.717, 1.165) is 6.16 Å². The van der Waals surface area contributed by atoms with Gasteiger partial charge in [-0.15, -0.1) is 0 Å². The molecule has 0 atom stereocenters. The van der Waals surface area contributed by atoms with Gasteiger partial charge >= 0.3 is 0 Å². The fraction of sp³-hybridized carbons (Fsp3) is 0.250. The summed E-state index contributed by atoms with van der Waals surface area (Å²) in [6.45, 7) is 2.23.